The molecule has 10 heteroatoms. The summed E-state index contributed by atoms with van der Waals surface area (Å²) in [5.74, 6) is -1.37. The fraction of sp³-hybridized carbons (Fsp3) is 0.810. The molecule has 4 fully saturated rings. The number of nitrogens with zero attached hydrogens (tertiary/aromatic N) is 1. The van der Waals surface area contributed by atoms with E-state index in [4.69, 9.17) is 10.5 Å². The maximum absolute atomic E-state index is 12.9. The predicted molar refractivity (Wildman–Crippen MR) is 111 cm³/mol. The van der Waals surface area contributed by atoms with E-state index in [1.165, 1.54) is 0 Å². The zero-order chi connectivity index (χ0) is 22.6. The van der Waals surface area contributed by atoms with Gasteiger partial charge < -0.3 is 26.0 Å². The van der Waals surface area contributed by atoms with Crippen molar-refractivity contribution in [1.82, 2.24) is 20.9 Å². The first-order valence-electron chi connectivity index (χ1n) is 11.2. The number of hydrogen-bond donors (Lipinski definition) is 4. The molecule has 10 nitrogen and oxygen atoms in total. The number of ether oxygens (including phenoxy) is 1. The van der Waals surface area contributed by atoms with E-state index in [-0.39, 0.29) is 18.6 Å². The van der Waals surface area contributed by atoms with Gasteiger partial charge in [-0.15, -0.1) is 0 Å². The van der Waals surface area contributed by atoms with Gasteiger partial charge >= 0.3 is 6.03 Å². The van der Waals surface area contributed by atoms with Crippen molar-refractivity contribution in [1.29, 1.82) is 0 Å². The van der Waals surface area contributed by atoms with Crippen LogP contribution >= 0.6 is 0 Å². The van der Waals surface area contributed by atoms with Crippen molar-refractivity contribution in [2.75, 3.05) is 13.1 Å². The van der Waals surface area contributed by atoms with Crippen LogP contribution in [0.15, 0.2) is 0 Å². The zero-order valence-corrected chi connectivity index (χ0v) is 18.5. The molecule has 31 heavy (non-hydrogen) atoms. The molecule has 4 aliphatic rings. The number of primary amides is 1. The van der Waals surface area contributed by atoms with E-state index in [9.17, 15) is 19.2 Å². The van der Waals surface area contributed by atoms with Crippen LogP contribution in [0.4, 0.5) is 4.79 Å². The van der Waals surface area contributed by atoms with Crippen LogP contribution in [-0.4, -0.2) is 70.6 Å². The van der Waals surface area contributed by atoms with Crippen LogP contribution in [0.3, 0.4) is 0 Å². The number of nitrogens with one attached hydrogen (secondary N) is 3. The number of hydrogen-bond acceptors (Lipinski definition) is 6. The lowest BCUT2D eigenvalue weighted by molar-refractivity contribution is -0.140. The molecule has 2 saturated carbocycles. The summed E-state index contributed by atoms with van der Waals surface area (Å²) in [4.78, 5) is 50.7. The number of rotatable bonds is 8. The van der Waals surface area contributed by atoms with E-state index in [0.29, 0.717) is 18.9 Å². The van der Waals surface area contributed by atoms with Crippen molar-refractivity contribution in [2.24, 2.45) is 11.7 Å². The van der Waals surface area contributed by atoms with Crippen LogP contribution in [0.25, 0.3) is 0 Å². The Morgan fingerprint density at radius 2 is 1.90 bits per heavy atom. The number of carbonyl (C=O) groups excluding carboxylic acids is 4. The summed E-state index contributed by atoms with van der Waals surface area (Å²) in [6.07, 6.45) is 5.15. The molecule has 4 amide bonds. The molecule has 2 aliphatic heterocycles. The molecule has 0 aromatic carbocycles. The molecule has 2 aliphatic carbocycles. The summed E-state index contributed by atoms with van der Waals surface area (Å²) in [6.45, 7) is 6.05. The Hall–Kier alpha value is -2.20. The Bertz CT molecular complexity index is 806. The highest BCUT2D eigenvalue weighted by atomic mass is 16.7. The zero-order valence-electron chi connectivity index (χ0n) is 18.5. The summed E-state index contributed by atoms with van der Waals surface area (Å²) in [5, 5.41) is 8.66. The fourth-order valence-corrected chi connectivity index (χ4v) is 5.19. The number of fused-ring (bicyclic) bond motifs is 3. The Labute approximate surface area is 182 Å². The Balaban J connectivity index is 1.39. The van der Waals surface area contributed by atoms with Gasteiger partial charge in [0, 0.05) is 12.1 Å². The van der Waals surface area contributed by atoms with Gasteiger partial charge in [0.1, 0.15) is 11.6 Å². The number of urea groups is 1. The van der Waals surface area contributed by atoms with Crippen molar-refractivity contribution in [3.63, 3.8) is 0 Å². The second-order valence-corrected chi connectivity index (χ2v) is 10.3. The molecule has 4 rings (SSSR count). The number of ketones is 1. The highest BCUT2D eigenvalue weighted by molar-refractivity contribution is 6.37. The molecule has 172 valence electrons. The first kappa shape index (κ1) is 22.0. The van der Waals surface area contributed by atoms with Gasteiger partial charge in [-0.05, 0) is 46.0 Å². The van der Waals surface area contributed by atoms with E-state index in [1.807, 2.05) is 20.8 Å². The monoisotopic (exact) mass is 435 g/mol. The van der Waals surface area contributed by atoms with Crippen LogP contribution in [-0.2, 0) is 19.1 Å². The van der Waals surface area contributed by atoms with E-state index in [0.717, 1.165) is 32.1 Å². The van der Waals surface area contributed by atoms with Crippen LogP contribution in [0.5, 0.6) is 0 Å². The summed E-state index contributed by atoms with van der Waals surface area (Å²) in [6, 6.07) is -1.09. The van der Waals surface area contributed by atoms with Gasteiger partial charge in [-0.1, -0.05) is 19.3 Å². The second-order valence-electron chi connectivity index (χ2n) is 10.3. The van der Waals surface area contributed by atoms with E-state index < -0.39 is 40.6 Å². The highest BCUT2D eigenvalue weighted by Crippen LogP contribution is 2.73. The third-order valence-electron chi connectivity index (χ3n) is 6.96. The number of nitrogens with two attached hydrogens (primary N) is 1. The third-order valence-corrected chi connectivity index (χ3v) is 6.96. The van der Waals surface area contributed by atoms with Gasteiger partial charge in [0.15, 0.2) is 5.72 Å². The molecule has 0 aromatic rings. The van der Waals surface area contributed by atoms with Crippen molar-refractivity contribution < 1.29 is 23.9 Å². The first-order chi connectivity index (χ1) is 14.5. The minimum absolute atomic E-state index is 0.113. The molecular weight excluding hydrogens is 402 g/mol. The van der Waals surface area contributed by atoms with Gasteiger partial charge in [-0.2, -0.15) is 0 Å². The van der Waals surface area contributed by atoms with E-state index in [2.05, 4.69) is 16.0 Å². The molecule has 1 spiro atoms. The fourth-order valence-electron chi connectivity index (χ4n) is 5.19. The molecule has 2 saturated heterocycles. The van der Waals surface area contributed by atoms with E-state index >= 15 is 0 Å². The lowest BCUT2D eigenvalue weighted by Gasteiger charge is -2.35. The summed E-state index contributed by atoms with van der Waals surface area (Å²) >= 11 is 0. The molecule has 0 bridgehead atoms. The Kier molecular flexibility index (Phi) is 5.28. The minimum atomic E-state index is -0.950. The van der Waals surface area contributed by atoms with Crippen molar-refractivity contribution in [2.45, 2.75) is 88.2 Å². The van der Waals surface area contributed by atoms with Gasteiger partial charge in [0.05, 0.1) is 12.6 Å². The lowest BCUT2D eigenvalue weighted by atomic mass is 9.80. The molecule has 4 atom stereocenters. The largest absolute Gasteiger partial charge is 0.363 e. The van der Waals surface area contributed by atoms with Crippen LogP contribution in [0.2, 0.25) is 0 Å². The lowest BCUT2D eigenvalue weighted by Crippen LogP contribution is -2.58. The standard InChI is InChI=1S/C21H33N5O5/c1-19(2,3)25-18(30)23-11-14(27)26-9-5-8-20(26)17-21(20,31-17)24-13(15(28)16(22)29)10-12-6-4-7-12/h12-13,17,24H,4-11H2,1-3H3,(H2,22,29)(H2,23,25,30)/t13?,17?,20?,21-/m1/s1. The quantitative estimate of drug-likeness (QED) is 0.306. The Morgan fingerprint density at radius 3 is 2.45 bits per heavy atom. The average Bonchev–Trinajstić information content (AvgIpc) is 3.39. The second kappa shape index (κ2) is 7.44. The number of epoxide rings is 1. The molecule has 0 radical (unpaired) electrons. The van der Waals surface area contributed by atoms with Crippen LogP contribution < -0.4 is 21.7 Å². The molecule has 3 unspecified atom stereocenters. The maximum atomic E-state index is 12.9. The van der Waals surface area contributed by atoms with Gasteiger partial charge in [-0.3, -0.25) is 19.7 Å². The third kappa shape index (κ3) is 3.80. The number of Topliss-reactive ketones (excluding diaryl/α,β-unsaturated/α-hetero) is 1. The SMILES string of the molecule is CC(C)(C)NC(=O)NCC(=O)N1CCCC12C1O[C@]12NC(CC1CCC1)C(=O)C(N)=O. The topological polar surface area (TPSA) is 146 Å². The molecule has 2 heterocycles. The highest BCUT2D eigenvalue weighted by Gasteiger charge is 2.96. The summed E-state index contributed by atoms with van der Waals surface area (Å²) in [7, 11) is 0. The summed E-state index contributed by atoms with van der Waals surface area (Å²) < 4.78 is 5.79. The van der Waals surface area contributed by atoms with Gasteiger partial charge in [-0.25, -0.2) is 4.79 Å². The van der Waals surface area contributed by atoms with Crippen molar-refractivity contribution in [3.8, 4) is 0 Å². The minimum Gasteiger partial charge on any atom is -0.363 e. The predicted octanol–water partition coefficient (Wildman–Crippen LogP) is -0.243. The first-order valence-corrected chi connectivity index (χ1v) is 11.2. The van der Waals surface area contributed by atoms with Crippen molar-refractivity contribution >= 4 is 23.6 Å². The normalized spacial score (nSPS) is 32.1. The summed E-state index contributed by atoms with van der Waals surface area (Å²) in [5.41, 5.74) is 3.58. The molecule has 5 N–H and O–H groups in total. The van der Waals surface area contributed by atoms with Crippen LogP contribution in [0, 0.1) is 5.92 Å². The van der Waals surface area contributed by atoms with Crippen molar-refractivity contribution in [3.05, 3.63) is 0 Å². The smallest absolute Gasteiger partial charge is 0.315 e. The number of carbonyl (C=O) groups is 4. The molecular formula is C21H33N5O5. The van der Waals surface area contributed by atoms with Crippen LogP contribution in [0.1, 0.15) is 59.3 Å². The molecule has 0 aromatic heterocycles. The van der Waals surface area contributed by atoms with E-state index in [1.54, 1.807) is 4.90 Å². The average molecular weight is 436 g/mol. The maximum Gasteiger partial charge on any atom is 0.315 e. The van der Waals surface area contributed by atoms with Gasteiger partial charge in [0.25, 0.3) is 5.91 Å². The van der Waals surface area contributed by atoms with Gasteiger partial charge in [0.2, 0.25) is 11.7 Å². The number of amides is 4. The number of likely N-dealkylation sites (tertiary alicyclic amines) is 1. The Morgan fingerprint density at radius 1 is 1.19 bits per heavy atom.